The third kappa shape index (κ3) is 4.04. The van der Waals surface area contributed by atoms with Crippen LogP contribution in [0.5, 0.6) is 0 Å². The van der Waals surface area contributed by atoms with Gasteiger partial charge in [0.05, 0.1) is 11.4 Å². The molecule has 0 bridgehead atoms. The second kappa shape index (κ2) is 8.62. The number of likely N-dealkylation sites (N-methyl/N-ethyl adjacent to an activating group) is 1. The van der Waals surface area contributed by atoms with Crippen molar-refractivity contribution in [2.45, 2.75) is 18.9 Å². The molecule has 8 heteroatoms. The standard InChI is InChI=1S/C22H27N7O/c1-27(2)12-7-11-18(30)28-13-6-10-17(14-28)29-22-19(21(23)24-15-25-22)20(26-29)16-8-4-3-5-9-16/h3-5,7-9,11,15,17H,6,10,12-14H2,1-2H3,(H2,23,24,25). The van der Waals surface area contributed by atoms with Crippen LogP contribution in [0, 0.1) is 0 Å². The molecule has 0 saturated carbocycles. The molecule has 1 aliphatic heterocycles. The third-order valence-electron chi connectivity index (χ3n) is 5.35. The van der Waals surface area contributed by atoms with Gasteiger partial charge in [-0.3, -0.25) is 4.79 Å². The molecular formula is C22H27N7O. The highest BCUT2D eigenvalue weighted by molar-refractivity contribution is 5.98. The maximum atomic E-state index is 12.6. The minimum Gasteiger partial charge on any atom is -0.383 e. The van der Waals surface area contributed by atoms with Gasteiger partial charge < -0.3 is 15.5 Å². The van der Waals surface area contributed by atoms with Gasteiger partial charge >= 0.3 is 0 Å². The van der Waals surface area contributed by atoms with E-state index < -0.39 is 0 Å². The van der Waals surface area contributed by atoms with Crippen molar-refractivity contribution in [2.24, 2.45) is 0 Å². The first kappa shape index (κ1) is 20.0. The lowest BCUT2D eigenvalue weighted by atomic mass is 10.1. The molecule has 30 heavy (non-hydrogen) atoms. The van der Waals surface area contributed by atoms with Crippen molar-refractivity contribution in [3.63, 3.8) is 0 Å². The van der Waals surface area contributed by atoms with E-state index in [-0.39, 0.29) is 11.9 Å². The molecule has 156 valence electrons. The summed E-state index contributed by atoms with van der Waals surface area (Å²) in [6, 6.07) is 9.97. The molecular weight excluding hydrogens is 378 g/mol. The predicted molar refractivity (Wildman–Crippen MR) is 118 cm³/mol. The van der Waals surface area contributed by atoms with E-state index in [4.69, 9.17) is 10.8 Å². The molecule has 3 heterocycles. The Morgan fingerprint density at radius 3 is 2.83 bits per heavy atom. The number of nitrogens with zero attached hydrogens (tertiary/aromatic N) is 6. The van der Waals surface area contributed by atoms with Gasteiger partial charge in [0.15, 0.2) is 5.65 Å². The van der Waals surface area contributed by atoms with Gasteiger partial charge in [-0.25, -0.2) is 14.6 Å². The lowest BCUT2D eigenvalue weighted by Crippen LogP contribution is -2.40. The normalized spacial score (nSPS) is 17.3. The zero-order valence-electron chi connectivity index (χ0n) is 17.4. The molecule has 0 spiro atoms. The number of anilines is 1. The summed E-state index contributed by atoms with van der Waals surface area (Å²) in [7, 11) is 3.96. The summed E-state index contributed by atoms with van der Waals surface area (Å²) in [6.45, 7) is 2.09. The van der Waals surface area contributed by atoms with E-state index in [2.05, 4.69) is 9.97 Å². The minimum atomic E-state index is 0.0374. The van der Waals surface area contributed by atoms with E-state index in [1.54, 1.807) is 6.08 Å². The predicted octanol–water partition coefficient (Wildman–Crippen LogP) is 2.36. The second-order valence-corrected chi connectivity index (χ2v) is 7.86. The van der Waals surface area contributed by atoms with E-state index >= 15 is 0 Å². The van der Waals surface area contributed by atoms with Gasteiger partial charge in [0.2, 0.25) is 5.91 Å². The van der Waals surface area contributed by atoms with Crippen molar-refractivity contribution < 1.29 is 4.79 Å². The smallest absolute Gasteiger partial charge is 0.246 e. The molecule has 4 rings (SSSR count). The monoisotopic (exact) mass is 405 g/mol. The first-order valence-corrected chi connectivity index (χ1v) is 10.2. The van der Waals surface area contributed by atoms with Crippen molar-refractivity contribution in [3.05, 3.63) is 48.8 Å². The number of rotatable bonds is 5. The molecule has 2 aromatic heterocycles. The van der Waals surface area contributed by atoms with E-state index in [0.717, 1.165) is 42.6 Å². The average molecular weight is 406 g/mol. The average Bonchev–Trinajstić information content (AvgIpc) is 3.15. The van der Waals surface area contributed by atoms with E-state index in [0.29, 0.717) is 18.0 Å². The summed E-state index contributed by atoms with van der Waals surface area (Å²) < 4.78 is 1.93. The van der Waals surface area contributed by atoms with Crippen molar-refractivity contribution >= 4 is 22.8 Å². The lowest BCUT2D eigenvalue weighted by molar-refractivity contribution is -0.127. The fourth-order valence-corrected chi connectivity index (χ4v) is 3.87. The first-order valence-electron chi connectivity index (χ1n) is 10.2. The van der Waals surface area contributed by atoms with Crippen LogP contribution in [0.3, 0.4) is 0 Å². The number of aromatic nitrogens is 4. The molecule has 8 nitrogen and oxygen atoms in total. The third-order valence-corrected chi connectivity index (χ3v) is 5.35. The van der Waals surface area contributed by atoms with Crippen molar-refractivity contribution in [2.75, 3.05) is 39.5 Å². The number of carbonyl (C=O) groups excluding carboxylic acids is 1. The Morgan fingerprint density at radius 1 is 1.27 bits per heavy atom. The van der Waals surface area contributed by atoms with Crippen LogP contribution in [-0.4, -0.2) is 69.2 Å². The summed E-state index contributed by atoms with van der Waals surface area (Å²) >= 11 is 0. The SMILES string of the molecule is CN(C)CC=CC(=O)N1CCCC(n2nc(-c3ccccc3)c3c(N)ncnc32)C1. The number of piperidine rings is 1. The van der Waals surface area contributed by atoms with Crippen LogP contribution in [0.25, 0.3) is 22.3 Å². The van der Waals surface area contributed by atoms with E-state index in [9.17, 15) is 4.79 Å². The van der Waals surface area contributed by atoms with Crippen LogP contribution < -0.4 is 5.73 Å². The Labute approximate surface area is 176 Å². The molecule has 3 aromatic rings. The number of hydrogen-bond donors (Lipinski definition) is 1. The van der Waals surface area contributed by atoms with Crippen LogP contribution >= 0.6 is 0 Å². The molecule has 1 saturated heterocycles. The first-order chi connectivity index (χ1) is 14.5. The maximum absolute atomic E-state index is 12.6. The van der Waals surface area contributed by atoms with Crippen molar-refractivity contribution in [3.8, 4) is 11.3 Å². The largest absolute Gasteiger partial charge is 0.383 e. The topological polar surface area (TPSA) is 93.2 Å². The van der Waals surface area contributed by atoms with Crippen LogP contribution in [0.4, 0.5) is 5.82 Å². The Morgan fingerprint density at radius 2 is 2.07 bits per heavy atom. The minimum absolute atomic E-state index is 0.0374. The van der Waals surface area contributed by atoms with Crippen LogP contribution in [0.1, 0.15) is 18.9 Å². The van der Waals surface area contributed by atoms with Gasteiger partial charge in [-0.05, 0) is 26.9 Å². The van der Waals surface area contributed by atoms with Crippen LogP contribution in [0.15, 0.2) is 48.8 Å². The number of benzene rings is 1. The highest BCUT2D eigenvalue weighted by atomic mass is 16.2. The van der Waals surface area contributed by atoms with Crippen molar-refractivity contribution in [1.29, 1.82) is 0 Å². The van der Waals surface area contributed by atoms with Gasteiger partial charge in [-0.2, -0.15) is 5.10 Å². The van der Waals surface area contributed by atoms with Gasteiger partial charge in [0.25, 0.3) is 0 Å². The number of nitrogen functional groups attached to an aromatic ring is 1. The number of hydrogen-bond acceptors (Lipinski definition) is 6. The van der Waals surface area contributed by atoms with Crippen LogP contribution in [0.2, 0.25) is 0 Å². The molecule has 1 unspecified atom stereocenters. The molecule has 1 amide bonds. The Hall–Kier alpha value is -3.26. The number of carbonyl (C=O) groups is 1. The van der Waals surface area contributed by atoms with Crippen LogP contribution in [-0.2, 0) is 4.79 Å². The van der Waals surface area contributed by atoms with Crippen molar-refractivity contribution in [1.82, 2.24) is 29.5 Å². The van der Waals surface area contributed by atoms with E-state index in [1.165, 1.54) is 6.33 Å². The number of amides is 1. The van der Waals surface area contributed by atoms with Gasteiger partial charge in [0.1, 0.15) is 17.8 Å². The molecule has 1 aromatic carbocycles. The molecule has 1 fully saturated rings. The summed E-state index contributed by atoms with van der Waals surface area (Å²) in [6.07, 6.45) is 6.89. The molecule has 1 atom stereocenters. The Bertz CT molecular complexity index is 1060. The van der Waals surface area contributed by atoms with E-state index in [1.807, 2.05) is 65.0 Å². The van der Waals surface area contributed by atoms with Gasteiger partial charge in [-0.1, -0.05) is 36.4 Å². The summed E-state index contributed by atoms with van der Waals surface area (Å²) in [4.78, 5) is 25.2. The molecule has 2 N–H and O–H groups in total. The quantitative estimate of drug-likeness (QED) is 0.655. The zero-order valence-corrected chi connectivity index (χ0v) is 17.4. The fourth-order valence-electron chi connectivity index (χ4n) is 3.87. The summed E-state index contributed by atoms with van der Waals surface area (Å²) in [5.41, 5.74) is 8.67. The maximum Gasteiger partial charge on any atom is 0.246 e. The fraction of sp³-hybridized carbons (Fsp3) is 0.364. The number of nitrogens with two attached hydrogens (primary N) is 1. The summed E-state index contributed by atoms with van der Waals surface area (Å²) in [5, 5.41) is 5.66. The highest BCUT2D eigenvalue weighted by Crippen LogP contribution is 2.33. The Balaban J connectivity index is 1.65. The second-order valence-electron chi connectivity index (χ2n) is 7.86. The number of likely N-dealkylation sites (tertiary alicyclic amines) is 1. The highest BCUT2D eigenvalue weighted by Gasteiger charge is 2.28. The number of fused-ring (bicyclic) bond motifs is 1. The lowest BCUT2D eigenvalue weighted by Gasteiger charge is -2.32. The zero-order chi connectivity index (χ0) is 21.1. The molecule has 0 radical (unpaired) electrons. The Kier molecular flexibility index (Phi) is 5.76. The van der Waals surface area contributed by atoms with Gasteiger partial charge in [-0.15, -0.1) is 0 Å². The molecule has 1 aliphatic rings. The summed E-state index contributed by atoms with van der Waals surface area (Å²) in [5.74, 6) is 0.455. The van der Waals surface area contributed by atoms with Gasteiger partial charge in [0, 0.05) is 31.3 Å². The molecule has 0 aliphatic carbocycles.